The number of hydrogen-bond acceptors (Lipinski definition) is 8. The summed E-state index contributed by atoms with van der Waals surface area (Å²) < 4.78 is 14.1. The SMILES string of the molecule is CNc1cc(Nc2cccn([C@H]3CCCOC3)c2=O)nc2c(C(=O)N[C@H]3CC3OC)cnn12. The van der Waals surface area contributed by atoms with Crippen molar-refractivity contribution in [1.29, 1.82) is 0 Å². The fourth-order valence-electron chi connectivity index (χ4n) is 4.17. The van der Waals surface area contributed by atoms with Crippen LogP contribution < -0.4 is 21.5 Å². The predicted octanol–water partition coefficient (Wildman–Crippen LogP) is 1.54. The summed E-state index contributed by atoms with van der Waals surface area (Å²) in [4.78, 5) is 30.5. The van der Waals surface area contributed by atoms with Gasteiger partial charge in [-0.1, -0.05) is 0 Å². The predicted molar refractivity (Wildman–Crippen MR) is 122 cm³/mol. The van der Waals surface area contributed by atoms with Gasteiger partial charge in [-0.25, -0.2) is 4.98 Å². The summed E-state index contributed by atoms with van der Waals surface area (Å²) in [6.07, 6.45) is 5.94. The second-order valence-electron chi connectivity index (χ2n) is 8.29. The van der Waals surface area contributed by atoms with Gasteiger partial charge in [-0.2, -0.15) is 9.61 Å². The average Bonchev–Trinajstić information content (AvgIpc) is 3.45. The van der Waals surface area contributed by atoms with E-state index in [0.717, 1.165) is 25.9 Å². The average molecular weight is 454 g/mol. The number of aromatic nitrogens is 4. The summed E-state index contributed by atoms with van der Waals surface area (Å²) in [5.41, 5.74) is 0.982. The van der Waals surface area contributed by atoms with Gasteiger partial charge in [0, 0.05) is 33.0 Å². The number of ether oxygens (including phenoxy) is 2. The molecule has 11 heteroatoms. The molecule has 174 valence electrons. The molecule has 3 atom stereocenters. The Morgan fingerprint density at radius 2 is 2.24 bits per heavy atom. The Bertz CT molecular complexity index is 1230. The monoisotopic (exact) mass is 453 g/mol. The van der Waals surface area contributed by atoms with E-state index in [1.807, 2.05) is 6.07 Å². The van der Waals surface area contributed by atoms with Crippen LogP contribution in [0.4, 0.5) is 17.3 Å². The van der Waals surface area contributed by atoms with E-state index in [1.54, 1.807) is 41.6 Å². The smallest absolute Gasteiger partial charge is 0.274 e. The molecular weight excluding hydrogens is 426 g/mol. The number of anilines is 3. The highest BCUT2D eigenvalue weighted by atomic mass is 16.5. The van der Waals surface area contributed by atoms with Crippen LogP contribution in [0.3, 0.4) is 0 Å². The minimum absolute atomic E-state index is 0.00548. The highest BCUT2D eigenvalue weighted by Gasteiger charge is 2.39. The Labute approximate surface area is 190 Å². The third-order valence-electron chi connectivity index (χ3n) is 6.09. The molecule has 11 nitrogen and oxygen atoms in total. The summed E-state index contributed by atoms with van der Waals surface area (Å²) in [6.45, 7) is 1.25. The van der Waals surface area contributed by atoms with Crippen LogP contribution in [0.2, 0.25) is 0 Å². The van der Waals surface area contributed by atoms with Gasteiger partial charge >= 0.3 is 0 Å². The van der Waals surface area contributed by atoms with Crippen molar-refractivity contribution in [3.05, 3.63) is 46.5 Å². The minimum atomic E-state index is -0.263. The van der Waals surface area contributed by atoms with Crippen molar-refractivity contribution in [2.24, 2.45) is 0 Å². The lowest BCUT2D eigenvalue weighted by Crippen LogP contribution is -2.31. The number of rotatable bonds is 7. The van der Waals surface area contributed by atoms with Crippen LogP contribution in [0.5, 0.6) is 0 Å². The number of carbonyl (C=O) groups excluding carboxylic acids is 1. The fourth-order valence-corrected chi connectivity index (χ4v) is 4.17. The van der Waals surface area contributed by atoms with Gasteiger partial charge in [-0.15, -0.1) is 0 Å². The minimum Gasteiger partial charge on any atom is -0.379 e. The maximum absolute atomic E-state index is 13.1. The zero-order valence-electron chi connectivity index (χ0n) is 18.6. The maximum atomic E-state index is 13.1. The van der Waals surface area contributed by atoms with Crippen LogP contribution in [0, 0.1) is 0 Å². The van der Waals surface area contributed by atoms with Crippen molar-refractivity contribution in [1.82, 2.24) is 24.5 Å². The van der Waals surface area contributed by atoms with Crippen molar-refractivity contribution >= 4 is 28.9 Å². The number of amides is 1. The van der Waals surface area contributed by atoms with Gasteiger partial charge in [-0.3, -0.25) is 9.59 Å². The first-order valence-corrected chi connectivity index (χ1v) is 11.0. The Hall–Kier alpha value is -3.44. The molecular formula is C22H27N7O4. The van der Waals surface area contributed by atoms with Crippen molar-refractivity contribution < 1.29 is 14.3 Å². The van der Waals surface area contributed by atoms with Crippen LogP contribution in [0.1, 0.15) is 35.7 Å². The Morgan fingerprint density at radius 3 is 2.97 bits per heavy atom. The lowest BCUT2D eigenvalue weighted by molar-refractivity contribution is 0.0581. The normalized spacial score (nSPS) is 22.2. The molecule has 0 spiro atoms. The van der Waals surface area contributed by atoms with Gasteiger partial charge in [0.25, 0.3) is 11.5 Å². The van der Waals surface area contributed by atoms with Gasteiger partial charge in [0.15, 0.2) is 5.65 Å². The van der Waals surface area contributed by atoms with E-state index in [0.29, 0.717) is 35.1 Å². The van der Waals surface area contributed by atoms with Gasteiger partial charge in [0.05, 0.1) is 31.0 Å². The first-order valence-electron chi connectivity index (χ1n) is 11.0. The molecule has 1 saturated heterocycles. The number of pyridine rings is 1. The second kappa shape index (κ2) is 8.83. The molecule has 3 aromatic heterocycles. The quantitative estimate of drug-likeness (QED) is 0.492. The Kier molecular flexibility index (Phi) is 5.73. The molecule has 5 rings (SSSR count). The standard InChI is InChI=1S/C22H27N7O4/c1-23-19-10-18(25-15-6-3-7-28(22(15)31)13-5-4-8-33-12-13)27-20-14(11-24-29(19)20)21(30)26-16-9-17(16)32-2/h3,6-7,10-11,13,16-17,23H,4-5,8-9,12H2,1-2H3,(H,25,27)(H,26,30)/t13-,16-,17?/m0/s1. The van der Waals surface area contributed by atoms with E-state index in [-0.39, 0.29) is 29.7 Å². The van der Waals surface area contributed by atoms with Gasteiger partial charge < -0.3 is 30.0 Å². The molecule has 1 aliphatic carbocycles. The summed E-state index contributed by atoms with van der Waals surface area (Å²) in [6, 6.07) is 5.29. The van der Waals surface area contributed by atoms with Gasteiger partial charge in [0.1, 0.15) is 22.9 Å². The van der Waals surface area contributed by atoms with Crippen molar-refractivity contribution in [2.75, 3.05) is 38.0 Å². The first kappa shape index (κ1) is 21.4. The number of methoxy groups -OCH3 is 1. The third kappa shape index (κ3) is 4.16. The topological polar surface area (TPSA) is 124 Å². The molecule has 0 aromatic carbocycles. The summed E-state index contributed by atoms with van der Waals surface area (Å²) in [7, 11) is 3.38. The molecule has 2 aliphatic rings. The number of nitrogens with zero attached hydrogens (tertiary/aromatic N) is 4. The number of hydrogen-bond donors (Lipinski definition) is 3. The van der Waals surface area contributed by atoms with E-state index >= 15 is 0 Å². The van der Waals surface area contributed by atoms with Crippen LogP contribution in [-0.2, 0) is 9.47 Å². The third-order valence-corrected chi connectivity index (χ3v) is 6.09. The molecule has 1 saturated carbocycles. The van der Waals surface area contributed by atoms with Crippen molar-refractivity contribution in [2.45, 2.75) is 37.5 Å². The zero-order valence-corrected chi connectivity index (χ0v) is 18.6. The zero-order chi connectivity index (χ0) is 22.9. The lowest BCUT2D eigenvalue weighted by atomic mass is 10.1. The first-order chi connectivity index (χ1) is 16.1. The molecule has 1 aliphatic heterocycles. The second-order valence-corrected chi connectivity index (χ2v) is 8.29. The number of carbonyl (C=O) groups is 1. The van der Waals surface area contributed by atoms with E-state index in [4.69, 9.17) is 9.47 Å². The highest BCUT2D eigenvalue weighted by molar-refractivity contribution is 6.00. The molecule has 1 unspecified atom stereocenters. The molecule has 1 amide bonds. The fraction of sp³-hybridized carbons (Fsp3) is 0.455. The number of fused-ring (bicyclic) bond motifs is 1. The Balaban J connectivity index is 1.45. The Morgan fingerprint density at radius 1 is 1.36 bits per heavy atom. The van der Waals surface area contributed by atoms with E-state index < -0.39 is 0 Å². The van der Waals surface area contributed by atoms with Gasteiger partial charge in [0.2, 0.25) is 0 Å². The lowest BCUT2D eigenvalue weighted by Gasteiger charge is -2.24. The summed E-state index contributed by atoms with van der Waals surface area (Å²) in [5, 5.41) is 13.4. The molecule has 0 bridgehead atoms. The van der Waals surface area contributed by atoms with Crippen molar-refractivity contribution in [3.8, 4) is 0 Å². The van der Waals surface area contributed by atoms with E-state index in [9.17, 15) is 9.59 Å². The van der Waals surface area contributed by atoms with Crippen LogP contribution >= 0.6 is 0 Å². The molecule has 0 radical (unpaired) electrons. The largest absolute Gasteiger partial charge is 0.379 e. The van der Waals surface area contributed by atoms with E-state index in [1.165, 1.54) is 6.20 Å². The van der Waals surface area contributed by atoms with E-state index in [2.05, 4.69) is 26.0 Å². The molecule has 3 aromatic rings. The molecule has 33 heavy (non-hydrogen) atoms. The number of nitrogens with one attached hydrogen (secondary N) is 3. The summed E-state index contributed by atoms with van der Waals surface area (Å²) in [5.74, 6) is 0.789. The summed E-state index contributed by atoms with van der Waals surface area (Å²) >= 11 is 0. The van der Waals surface area contributed by atoms with Crippen molar-refractivity contribution in [3.63, 3.8) is 0 Å². The van der Waals surface area contributed by atoms with Crippen LogP contribution in [0.25, 0.3) is 5.65 Å². The van der Waals surface area contributed by atoms with Crippen LogP contribution in [-0.4, -0.2) is 64.6 Å². The molecule has 4 heterocycles. The van der Waals surface area contributed by atoms with Crippen LogP contribution in [0.15, 0.2) is 35.4 Å². The highest BCUT2D eigenvalue weighted by Crippen LogP contribution is 2.26. The molecule has 3 N–H and O–H groups in total. The molecule has 2 fully saturated rings. The maximum Gasteiger partial charge on any atom is 0.274 e. The van der Waals surface area contributed by atoms with Gasteiger partial charge in [-0.05, 0) is 31.4 Å².